The molecule has 0 amide bonds. The summed E-state index contributed by atoms with van der Waals surface area (Å²) in [6.45, 7) is 2.04. The van der Waals surface area contributed by atoms with Crippen LogP contribution in [0.25, 0.3) is 11.0 Å². The van der Waals surface area contributed by atoms with Crippen molar-refractivity contribution >= 4 is 41.2 Å². The summed E-state index contributed by atoms with van der Waals surface area (Å²) < 4.78 is 4.72. The van der Waals surface area contributed by atoms with Gasteiger partial charge in [-0.25, -0.2) is 14.8 Å². The summed E-state index contributed by atoms with van der Waals surface area (Å²) in [6.07, 6.45) is 1.80. The Labute approximate surface area is 144 Å². The van der Waals surface area contributed by atoms with Gasteiger partial charge in [-0.3, -0.25) is 0 Å². The molecular weight excluding hydrogens is 334 g/mol. The van der Waals surface area contributed by atoms with Crippen LogP contribution in [-0.2, 0) is 10.5 Å². The van der Waals surface area contributed by atoms with Crippen LogP contribution >= 0.6 is 24.2 Å². The maximum atomic E-state index is 11.5. The number of aryl methyl sites for hydroxylation is 1. The molecule has 7 heteroatoms. The number of esters is 1. The standard InChI is InChI=1S/C16H15N3O2S.ClH/c1-10-5-6-17-15(7-10)22-9-14-18-12-4-3-11(16(20)21-2)8-13(12)19-14;/h3-8H,9H2,1-2H3,(H,18,19);1H. The van der Waals surface area contributed by atoms with Gasteiger partial charge in [0.15, 0.2) is 0 Å². The second-order valence-corrected chi connectivity index (χ2v) is 5.86. The van der Waals surface area contributed by atoms with Crippen LogP contribution in [0.3, 0.4) is 0 Å². The lowest BCUT2D eigenvalue weighted by Crippen LogP contribution is -2.00. The third-order valence-electron chi connectivity index (χ3n) is 3.20. The van der Waals surface area contributed by atoms with Crippen LogP contribution in [0.5, 0.6) is 0 Å². The fourth-order valence-electron chi connectivity index (χ4n) is 2.11. The Morgan fingerprint density at radius 3 is 2.87 bits per heavy atom. The Bertz CT molecular complexity index is 835. The van der Waals surface area contributed by atoms with Crippen molar-refractivity contribution in [3.63, 3.8) is 0 Å². The van der Waals surface area contributed by atoms with Gasteiger partial charge in [-0.1, -0.05) is 11.8 Å². The number of carbonyl (C=O) groups excluding carboxylic acids is 1. The summed E-state index contributed by atoms with van der Waals surface area (Å²) in [5.41, 5.74) is 3.36. The molecule has 0 unspecified atom stereocenters. The minimum atomic E-state index is -0.351. The topological polar surface area (TPSA) is 67.9 Å². The summed E-state index contributed by atoms with van der Waals surface area (Å²) in [6, 6.07) is 9.31. The van der Waals surface area contributed by atoms with Gasteiger partial charge in [-0.15, -0.1) is 12.4 Å². The van der Waals surface area contributed by atoms with Crippen molar-refractivity contribution in [2.75, 3.05) is 7.11 Å². The van der Waals surface area contributed by atoms with Crippen LogP contribution in [0.1, 0.15) is 21.7 Å². The molecule has 1 N–H and O–H groups in total. The number of H-pyrrole nitrogens is 1. The van der Waals surface area contributed by atoms with Crippen molar-refractivity contribution in [1.29, 1.82) is 0 Å². The van der Waals surface area contributed by atoms with Crippen molar-refractivity contribution in [2.45, 2.75) is 17.7 Å². The van der Waals surface area contributed by atoms with E-state index < -0.39 is 0 Å². The molecule has 0 bridgehead atoms. The maximum Gasteiger partial charge on any atom is 0.337 e. The van der Waals surface area contributed by atoms with E-state index in [-0.39, 0.29) is 18.4 Å². The first-order valence-electron chi connectivity index (χ1n) is 6.78. The SMILES string of the molecule is COC(=O)c1ccc2nc(CSc3cc(C)ccn3)[nH]c2c1.Cl. The fraction of sp³-hybridized carbons (Fsp3) is 0.188. The van der Waals surface area contributed by atoms with Crippen molar-refractivity contribution in [3.8, 4) is 0 Å². The Kier molecular flexibility index (Phi) is 5.63. The average molecular weight is 350 g/mol. The number of nitrogens with one attached hydrogen (secondary N) is 1. The predicted molar refractivity (Wildman–Crippen MR) is 93.2 cm³/mol. The van der Waals surface area contributed by atoms with E-state index in [1.807, 2.05) is 25.1 Å². The highest BCUT2D eigenvalue weighted by molar-refractivity contribution is 7.98. The number of methoxy groups -OCH3 is 1. The normalized spacial score (nSPS) is 10.3. The van der Waals surface area contributed by atoms with E-state index >= 15 is 0 Å². The number of aromatic nitrogens is 3. The van der Waals surface area contributed by atoms with Gasteiger partial charge in [-0.05, 0) is 42.8 Å². The number of hydrogen-bond donors (Lipinski definition) is 1. The smallest absolute Gasteiger partial charge is 0.337 e. The van der Waals surface area contributed by atoms with Gasteiger partial charge >= 0.3 is 5.97 Å². The molecule has 0 aliphatic heterocycles. The number of nitrogens with zero attached hydrogens (tertiary/aromatic N) is 2. The van der Waals surface area contributed by atoms with E-state index in [1.165, 1.54) is 12.7 Å². The lowest BCUT2D eigenvalue weighted by Gasteiger charge is -1.99. The van der Waals surface area contributed by atoms with Crippen LogP contribution in [0, 0.1) is 6.92 Å². The second-order valence-electron chi connectivity index (χ2n) is 4.87. The van der Waals surface area contributed by atoms with E-state index in [2.05, 4.69) is 15.0 Å². The molecule has 5 nitrogen and oxygen atoms in total. The summed E-state index contributed by atoms with van der Waals surface area (Å²) in [4.78, 5) is 23.6. The molecule has 0 spiro atoms. The van der Waals surface area contributed by atoms with E-state index in [0.29, 0.717) is 11.3 Å². The monoisotopic (exact) mass is 349 g/mol. The van der Waals surface area contributed by atoms with Gasteiger partial charge in [0.05, 0.1) is 34.5 Å². The van der Waals surface area contributed by atoms with Gasteiger partial charge in [0.2, 0.25) is 0 Å². The van der Waals surface area contributed by atoms with Crippen LogP contribution in [-0.4, -0.2) is 28.0 Å². The first-order chi connectivity index (χ1) is 10.7. The first-order valence-corrected chi connectivity index (χ1v) is 7.76. The second kappa shape index (κ2) is 7.48. The van der Waals surface area contributed by atoms with Crippen molar-refractivity contribution < 1.29 is 9.53 Å². The molecule has 0 aliphatic rings. The van der Waals surface area contributed by atoms with Crippen LogP contribution in [0.15, 0.2) is 41.6 Å². The Morgan fingerprint density at radius 1 is 1.30 bits per heavy atom. The number of aromatic amines is 1. The number of ether oxygens (including phenoxy) is 1. The quantitative estimate of drug-likeness (QED) is 0.573. The number of fused-ring (bicyclic) bond motifs is 1. The van der Waals surface area contributed by atoms with Crippen molar-refractivity contribution in [2.24, 2.45) is 0 Å². The van der Waals surface area contributed by atoms with E-state index in [9.17, 15) is 4.79 Å². The molecule has 0 radical (unpaired) electrons. The third kappa shape index (κ3) is 4.03. The average Bonchev–Trinajstić information content (AvgIpc) is 2.94. The Balaban J connectivity index is 0.00000192. The highest BCUT2D eigenvalue weighted by Gasteiger charge is 2.09. The third-order valence-corrected chi connectivity index (χ3v) is 4.14. The minimum Gasteiger partial charge on any atom is -0.465 e. The van der Waals surface area contributed by atoms with E-state index in [0.717, 1.165) is 21.9 Å². The summed E-state index contributed by atoms with van der Waals surface area (Å²) in [5, 5.41) is 0.968. The number of carbonyl (C=O) groups is 1. The molecule has 0 atom stereocenters. The van der Waals surface area contributed by atoms with Gasteiger partial charge in [0.25, 0.3) is 0 Å². The highest BCUT2D eigenvalue weighted by atomic mass is 35.5. The van der Waals surface area contributed by atoms with Gasteiger partial charge in [-0.2, -0.15) is 0 Å². The zero-order valence-electron chi connectivity index (χ0n) is 12.7. The predicted octanol–water partition coefficient (Wildman–Crippen LogP) is 3.77. The van der Waals surface area contributed by atoms with E-state index in [4.69, 9.17) is 4.74 Å². The molecule has 120 valence electrons. The summed E-state index contributed by atoms with van der Waals surface area (Å²) in [5.74, 6) is 1.19. The summed E-state index contributed by atoms with van der Waals surface area (Å²) >= 11 is 1.62. The van der Waals surface area contributed by atoms with Gasteiger partial charge < -0.3 is 9.72 Å². The molecule has 3 rings (SSSR count). The Hall–Kier alpha value is -2.05. The molecular formula is C16H16ClN3O2S. The molecule has 2 heterocycles. The van der Waals surface area contributed by atoms with Crippen molar-refractivity contribution in [3.05, 3.63) is 53.5 Å². The fourth-order valence-corrected chi connectivity index (χ4v) is 2.93. The molecule has 23 heavy (non-hydrogen) atoms. The van der Waals surface area contributed by atoms with Gasteiger partial charge in [0.1, 0.15) is 5.82 Å². The maximum absolute atomic E-state index is 11.5. The molecule has 0 aliphatic carbocycles. The largest absolute Gasteiger partial charge is 0.465 e. The summed E-state index contributed by atoms with van der Waals surface area (Å²) in [7, 11) is 1.37. The van der Waals surface area contributed by atoms with Crippen LogP contribution in [0.4, 0.5) is 0 Å². The number of rotatable bonds is 4. The number of hydrogen-bond acceptors (Lipinski definition) is 5. The lowest BCUT2D eigenvalue weighted by molar-refractivity contribution is 0.0601. The first kappa shape index (κ1) is 17.3. The number of thioether (sulfide) groups is 1. The number of benzene rings is 1. The number of pyridine rings is 1. The number of halogens is 1. The van der Waals surface area contributed by atoms with E-state index in [1.54, 1.807) is 30.1 Å². The zero-order chi connectivity index (χ0) is 15.5. The molecule has 1 aromatic carbocycles. The van der Waals surface area contributed by atoms with Crippen LogP contribution < -0.4 is 0 Å². The van der Waals surface area contributed by atoms with Crippen LogP contribution in [0.2, 0.25) is 0 Å². The lowest BCUT2D eigenvalue weighted by atomic mass is 10.2. The number of imidazole rings is 1. The highest BCUT2D eigenvalue weighted by Crippen LogP contribution is 2.22. The molecule has 3 aromatic rings. The molecule has 2 aromatic heterocycles. The van der Waals surface area contributed by atoms with Gasteiger partial charge in [0, 0.05) is 6.20 Å². The van der Waals surface area contributed by atoms with Crippen molar-refractivity contribution in [1.82, 2.24) is 15.0 Å². The molecule has 0 fully saturated rings. The zero-order valence-corrected chi connectivity index (χ0v) is 14.3. The molecule has 0 saturated carbocycles. The molecule has 0 saturated heterocycles. The minimum absolute atomic E-state index is 0. The Morgan fingerprint density at radius 2 is 2.13 bits per heavy atom.